The van der Waals surface area contributed by atoms with Crippen molar-refractivity contribution in [1.82, 2.24) is 14.8 Å². The molecule has 0 aliphatic carbocycles. The molecule has 0 radical (unpaired) electrons. The van der Waals surface area contributed by atoms with Crippen LogP contribution in [0, 0.1) is 6.92 Å². The maximum Gasteiger partial charge on any atom is 0.513 e. The number of nitrogens with zero attached hydrogens (tertiary/aromatic N) is 3. The van der Waals surface area contributed by atoms with Gasteiger partial charge in [-0.15, -0.1) is 0 Å². The van der Waals surface area contributed by atoms with E-state index in [2.05, 4.69) is 10.1 Å². The smallest absolute Gasteiger partial charge is 0.489 e. The van der Waals surface area contributed by atoms with Gasteiger partial charge in [0.25, 0.3) is 0 Å². The lowest BCUT2D eigenvalue weighted by atomic mass is 9.78. The zero-order valence-electron chi connectivity index (χ0n) is 11.2. The summed E-state index contributed by atoms with van der Waals surface area (Å²) in [5.41, 5.74) is -0.171. The standard InChI is InChI=1S/C12H14BF3N3O/c1-3-19-12(17-8-18-19)7-20-11-5-4-9(2)6-10(11)13(14,15)16/h4-6,8H,3,7H2,1-2H3/q-1. The van der Waals surface area contributed by atoms with Crippen molar-refractivity contribution in [1.29, 1.82) is 0 Å². The van der Waals surface area contributed by atoms with Crippen molar-refractivity contribution in [3.05, 3.63) is 35.9 Å². The molecule has 8 heteroatoms. The number of rotatable bonds is 5. The number of hydrogen-bond donors (Lipinski definition) is 0. The third-order valence-electron chi connectivity index (χ3n) is 2.87. The fourth-order valence-electron chi connectivity index (χ4n) is 1.86. The molecule has 108 valence electrons. The van der Waals surface area contributed by atoms with Gasteiger partial charge in [-0.25, -0.2) is 9.67 Å². The Morgan fingerprint density at radius 2 is 2.05 bits per heavy atom. The molecular formula is C12H14BF3N3O-. The summed E-state index contributed by atoms with van der Waals surface area (Å²) in [5, 5.41) is 3.94. The molecule has 0 saturated heterocycles. The molecule has 0 amide bonds. The lowest BCUT2D eigenvalue weighted by molar-refractivity contribution is 0.288. The van der Waals surface area contributed by atoms with E-state index in [9.17, 15) is 12.9 Å². The molecule has 0 aliphatic rings. The highest BCUT2D eigenvalue weighted by atomic mass is 19.4. The van der Waals surface area contributed by atoms with Gasteiger partial charge < -0.3 is 17.7 Å². The number of aromatic nitrogens is 3. The van der Waals surface area contributed by atoms with Crippen LogP contribution in [0.5, 0.6) is 5.75 Å². The summed E-state index contributed by atoms with van der Waals surface area (Å²) in [6, 6.07) is 4.03. The van der Waals surface area contributed by atoms with Crippen LogP contribution in [-0.4, -0.2) is 21.7 Å². The lowest BCUT2D eigenvalue weighted by Crippen LogP contribution is -2.35. The maximum atomic E-state index is 13.0. The molecule has 1 aromatic heterocycles. The zero-order valence-corrected chi connectivity index (χ0v) is 11.2. The largest absolute Gasteiger partial charge is 0.513 e. The number of halogens is 3. The van der Waals surface area contributed by atoms with Crippen LogP contribution in [-0.2, 0) is 13.2 Å². The van der Waals surface area contributed by atoms with Crippen molar-refractivity contribution < 1.29 is 17.7 Å². The summed E-state index contributed by atoms with van der Waals surface area (Å²) < 4.78 is 45.8. The molecule has 0 atom stereocenters. The number of aryl methyl sites for hydroxylation is 2. The summed E-state index contributed by atoms with van der Waals surface area (Å²) in [6.45, 7) is -1.09. The van der Waals surface area contributed by atoms with Crippen LogP contribution in [0.15, 0.2) is 24.5 Å². The molecule has 0 fully saturated rings. The minimum absolute atomic E-state index is 0.0456. The Balaban J connectivity index is 2.22. The average molecular weight is 284 g/mol. The lowest BCUT2D eigenvalue weighted by Gasteiger charge is -2.20. The van der Waals surface area contributed by atoms with E-state index in [1.165, 1.54) is 12.4 Å². The van der Waals surface area contributed by atoms with E-state index >= 15 is 0 Å². The normalized spacial score (nSPS) is 11.7. The second-order valence-electron chi connectivity index (χ2n) is 4.40. The van der Waals surface area contributed by atoms with Gasteiger partial charge in [0.15, 0.2) is 5.82 Å². The van der Waals surface area contributed by atoms with Gasteiger partial charge in [0.2, 0.25) is 0 Å². The molecule has 0 unspecified atom stereocenters. The van der Waals surface area contributed by atoms with Crippen molar-refractivity contribution in [2.24, 2.45) is 0 Å². The van der Waals surface area contributed by atoms with E-state index in [4.69, 9.17) is 4.74 Å². The van der Waals surface area contributed by atoms with Gasteiger partial charge in [0.1, 0.15) is 12.9 Å². The molecule has 1 aromatic carbocycles. The first-order valence-electron chi connectivity index (χ1n) is 6.21. The summed E-state index contributed by atoms with van der Waals surface area (Å²) in [6.07, 6.45) is 1.35. The van der Waals surface area contributed by atoms with E-state index in [0.717, 1.165) is 6.07 Å². The van der Waals surface area contributed by atoms with E-state index in [0.29, 0.717) is 17.9 Å². The Bertz CT molecular complexity index is 598. The fourth-order valence-corrected chi connectivity index (χ4v) is 1.86. The van der Waals surface area contributed by atoms with Crippen LogP contribution in [0.2, 0.25) is 0 Å². The van der Waals surface area contributed by atoms with Crippen molar-refractivity contribution in [3.63, 3.8) is 0 Å². The van der Waals surface area contributed by atoms with Crippen LogP contribution < -0.4 is 10.2 Å². The Morgan fingerprint density at radius 3 is 2.70 bits per heavy atom. The topological polar surface area (TPSA) is 39.9 Å². The Labute approximate surface area is 114 Å². The van der Waals surface area contributed by atoms with Crippen molar-refractivity contribution >= 4 is 12.4 Å². The van der Waals surface area contributed by atoms with Gasteiger partial charge in [-0.05, 0) is 19.9 Å². The molecule has 2 rings (SSSR count). The van der Waals surface area contributed by atoms with Crippen LogP contribution in [0.1, 0.15) is 18.3 Å². The van der Waals surface area contributed by atoms with Crippen molar-refractivity contribution in [2.45, 2.75) is 27.0 Å². The highest BCUT2D eigenvalue weighted by molar-refractivity contribution is 6.74. The van der Waals surface area contributed by atoms with Gasteiger partial charge in [0, 0.05) is 6.54 Å². The van der Waals surface area contributed by atoms with Crippen LogP contribution in [0.25, 0.3) is 0 Å². The van der Waals surface area contributed by atoms with Gasteiger partial charge >= 0.3 is 6.98 Å². The Kier molecular flexibility index (Phi) is 4.01. The molecule has 20 heavy (non-hydrogen) atoms. The van der Waals surface area contributed by atoms with E-state index < -0.39 is 12.4 Å². The third kappa shape index (κ3) is 3.12. The van der Waals surface area contributed by atoms with Crippen molar-refractivity contribution in [2.75, 3.05) is 0 Å². The fraction of sp³-hybridized carbons (Fsp3) is 0.333. The second-order valence-corrected chi connectivity index (χ2v) is 4.40. The molecular weight excluding hydrogens is 270 g/mol. The molecule has 0 spiro atoms. The molecule has 1 heterocycles. The van der Waals surface area contributed by atoms with Crippen LogP contribution >= 0.6 is 0 Å². The molecule has 2 aromatic rings. The Hall–Kier alpha value is -1.99. The Morgan fingerprint density at radius 1 is 1.30 bits per heavy atom. The van der Waals surface area contributed by atoms with E-state index in [1.54, 1.807) is 17.7 Å². The van der Waals surface area contributed by atoms with Crippen LogP contribution in [0.3, 0.4) is 0 Å². The highest BCUT2D eigenvalue weighted by Crippen LogP contribution is 2.19. The number of hydrogen-bond acceptors (Lipinski definition) is 3. The van der Waals surface area contributed by atoms with Crippen molar-refractivity contribution in [3.8, 4) is 5.75 Å². The minimum atomic E-state index is -5.11. The quantitative estimate of drug-likeness (QED) is 0.790. The first kappa shape index (κ1) is 14.4. The second kappa shape index (κ2) is 5.56. The SMILES string of the molecule is CCn1ncnc1COc1ccc(C)cc1[B-](F)(F)F. The predicted octanol–water partition coefficient (Wildman–Crippen LogP) is 2.24. The molecule has 0 saturated carbocycles. The number of ether oxygens (including phenoxy) is 1. The van der Waals surface area contributed by atoms with Gasteiger partial charge in [0.05, 0.1) is 5.75 Å². The first-order valence-corrected chi connectivity index (χ1v) is 6.21. The highest BCUT2D eigenvalue weighted by Gasteiger charge is 2.29. The minimum Gasteiger partial charge on any atom is -0.489 e. The summed E-state index contributed by atoms with van der Waals surface area (Å²) >= 11 is 0. The van der Waals surface area contributed by atoms with E-state index in [1.807, 2.05) is 6.92 Å². The molecule has 0 N–H and O–H groups in total. The average Bonchev–Trinajstić information content (AvgIpc) is 2.83. The number of benzene rings is 1. The van der Waals surface area contributed by atoms with Gasteiger partial charge in [-0.1, -0.05) is 23.2 Å². The monoisotopic (exact) mass is 284 g/mol. The molecule has 4 nitrogen and oxygen atoms in total. The summed E-state index contributed by atoms with van der Waals surface area (Å²) in [4.78, 5) is 3.96. The van der Waals surface area contributed by atoms with Gasteiger partial charge in [-0.2, -0.15) is 5.10 Å². The summed E-state index contributed by atoms with van der Waals surface area (Å²) in [7, 11) is 0. The maximum absolute atomic E-state index is 13.0. The van der Waals surface area contributed by atoms with Gasteiger partial charge in [-0.3, -0.25) is 0 Å². The zero-order chi connectivity index (χ0) is 14.8. The first-order chi connectivity index (χ1) is 9.41. The third-order valence-corrected chi connectivity index (χ3v) is 2.87. The van der Waals surface area contributed by atoms with E-state index in [-0.39, 0.29) is 12.4 Å². The predicted molar refractivity (Wildman–Crippen MR) is 69.9 cm³/mol. The molecule has 0 bridgehead atoms. The van der Waals surface area contributed by atoms with Crippen LogP contribution in [0.4, 0.5) is 12.9 Å². The summed E-state index contributed by atoms with van der Waals surface area (Å²) in [5.74, 6) is 0.322. The molecule has 0 aliphatic heterocycles.